The minimum absolute atomic E-state index is 0.253. The molecule has 0 spiro atoms. The lowest BCUT2D eigenvalue weighted by Gasteiger charge is -1.99. The molecular weight excluding hydrogens is 297 g/mol. The molecule has 0 amide bonds. The van der Waals surface area contributed by atoms with Crippen molar-refractivity contribution in [3.05, 3.63) is 40.2 Å². The molecule has 18 heavy (non-hydrogen) atoms. The standard InChI is InChI=1S/C13H15BrFN3/c1-16-6-5-10-8-13(17-18(10)2)11-7-9(14)3-4-12(11)15/h3-4,7-8,16H,5-6H2,1-2H3. The Balaban J connectivity index is 2.36. The van der Waals surface area contributed by atoms with Crippen molar-refractivity contribution in [3.8, 4) is 11.3 Å². The first-order valence-corrected chi connectivity index (χ1v) is 6.54. The molecular formula is C13H15BrFN3. The van der Waals surface area contributed by atoms with Crippen LogP contribution in [0, 0.1) is 5.82 Å². The summed E-state index contributed by atoms with van der Waals surface area (Å²) in [4.78, 5) is 0. The van der Waals surface area contributed by atoms with Gasteiger partial charge in [-0.1, -0.05) is 15.9 Å². The van der Waals surface area contributed by atoms with E-state index in [1.54, 1.807) is 16.8 Å². The Morgan fingerprint density at radius 1 is 1.39 bits per heavy atom. The first-order valence-electron chi connectivity index (χ1n) is 5.74. The van der Waals surface area contributed by atoms with E-state index in [-0.39, 0.29) is 5.82 Å². The van der Waals surface area contributed by atoms with Gasteiger partial charge < -0.3 is 5.32 Å². The number of nitrogens with zero attached hydrogens (tertiary/aromatic N) is 2. The van der Waals surface area contributed by atoms with Crippen LogP contribution in [0.4, 0.5) is 4.39 Å². The third-order valence-electron chi connectivity index (χ3n) is 2.81. The largest absolute Gasteiger partial charge is 0.319 e. The minimum atomic E-state index is -0.253. The van der Waals surface area contributed by atoms with Gasteiger partial charge in [0, 0.05) is 35.7 Å². The van der Waals surface area contributed by atoms with Crippen LogP contribution in [0.1, 0.15) is 5.69 Å². The van der Waals surface area contributed by atoms with Crippen molar-refractivity contribution in [2.45, 2.75) is 6.42 Å². The van der Waals surface area contributed by atoms with E-state index in [1.807, 2.05) is 20.2 Å². The van der Waals surface area contributed by atoms with Crippen molar-refractivity contribution in [3.63, 3.8) is 0 Å². The summed E-state index contributed by atoms with van der Waals surface area (Å²) >= 11 is 3.35. The number of aryl methyl sites for hydroxylation is 1. The van der Waals surface area contributed by atoms with E-state index in [1.165, 1.54) is 6.07 Å². The zero-order valence-corrected chi connectivity index (χ0v) is 12.0. The lowest BCUT2D eigenvalue weighted by molar-refractivity contribution is 0.629. The second kappa shape index (κ2) is 5.63. The second-order valence-electron chi connectivity index (χ2n) is 4.12. The molecule has 0 aliphatic rings. The number of hydrogen-bond donors (Lipinski definition) is 1. The van der Waals surface area contributed by atoms with Gasteiger partial charge in [-0.05, 0) is 31.3 Å². The minimum Gasteiger partial charge on any atom is -0.319 e. The fraction of sp³-hybridized carbons (Fsp3) is 0.308. The molecule has 2 aromatic rings. The van der Waals surface area contributed by atoms with E-state index in [9.17, 15) is 4.39 Å². The Labute approximate surface area is 114 Å². The first-order chi connectivity index (χ1) is 8.61. The lowest BCUT2D eigenvalue weighted by atomic mass is 10.1. The highest BCUT2D eigenvalue weighted by Crippen LogP contribution is 2.25. The summed E-state index contributed by atoms with van der Waals surface area (Å²) in [6.07, 6.45) is 0.871. The molecule has 96 valence electrons. The zero-order valence-electron chi connectivity index (χ0n) is 10.4. The van der Waals surface area contributed by atoms with Crippen LogP contribution in [0.15, 0.2) is 28.7 Å². The van der Waals surface area contributed by atoms with Crippen LogP contribution < -0.4 is 5.32 Å². The summed E-state index contributed by atoms with van der Waals surface area (Å²) in [5, 5.41) is 7.45. The summed E-state index contributed by atoms with van der Waals surface area (Å²) in [6.45, 7) is 0.875. The Bertz CT molecular complexity index is 551. The number of halogens is 2. The van der Waals surface area contributed by atoms with E-state index < -0.39 is 0 Å². The van der Waals surface area contributed by atoms with E-state index in [4.69, 9.17) is 0 Å². The van der Waals surface area contributed by atoms with Crippen molar-refractivity contribution in [2.24, 2.45) is 7.05 Å². The molecule has 0 unspecified atom stereocenters. The molecule has 1 N–H and O–H groups in total. The highest BCUT2D eigenvalue weighted by atomic mass is 79.9. The Kier molecular flexibility index (Phi) is 4.14. The maximum Gasteiger partial charge on any atom is 0.132 e. The highest BCUT2D eigenvalue weighted by molar-refractivity contribution is 9.10. The Morgan fingerprint density at radius 2 is 2.17 bits per heavy atom. The second-order valence-corrected chi connectivity index (χ2v) is 5.04. The van der Waals surface area contributed by atoms with E-state index in [0.717, 1.165) is 23.1 Å². The summed E-state index contributed by atoms with van der Waals surface area (Å²) in [6, 6.07) is 6.81. The van der Waals surface area contributed by atoms with Crippen LogP contribution in [-0.4, -0.2) is 23.4 Å². The van der Waals surface area contributed by atoms with Crippen molar-refractivity contribution < 1.29 is 4.39 Å². The number of likely N-dealkylation sites (N-methyl/N-ethyl adjacent to an activating group) is 1. The first kappa shape index (κ1) is 13.2. The number of benzene rings is 1. The quantitative estimate of drug-likeness (QED) is 0.941. The van der Waals surface area contributed by atoms with Crippen molar-refractivity contribution >= 4 is 15.9 Å². The topological polar surface area (TPSA) is 29.9 Å². The molecule has 0 aliphatic heterocycles. The van der Waals surface area contributed by atoms with Gasteiger partial charge in [-0.25, -0.2) is 4.39 Å². The van der Waals surface area contributed by atoms with Gasteiger partial charge in [0.2, 0.25) is 0 Å². The summed E-state index contributed by atoms with van der Waals surface area (Å²) in [5.74, 6) is -0.253. The number of rotatable bonds is 4. The van der Waals surface area contributed by atoms with Gasteiger partial charge in [0.15, 0.2) is 0 Å². The molecule has 1 heterocycles. The third-order valence-corrected chi connectivity index (χ3v) is 3.31. The molecule has 5 heteroatoms. The maximum absolute atomic E-state index is 13.8. The monoisotopic (exact) mass is 311 g/mol. The summed E-state index contributed by atoms with van der Waals surface area (Å²) in [7, 11) is 3.79. The fourth-order valence-electron chi connectivity index (χ4n) is 1.82. The van der Waals surface area contributed by atoms with Gasteiger partial charge >= 0.3 is 0 Å². The number of hydrogen-bond acceptors (Lipinski definition) is 2. The number of nitrogens with one attached hydrogen (secondary N) is 1. The molecule has 0 aliphatic carbocycles. The van der Waals surface area contributed by atoms with Gasteiger partial charge in [-0.15, -0.1) is 0 Å². The molecule has 0 bridgehead atoms. The Hall–Kier alpha value is -1.20. The predicted molar refractivity (Wildman–Crippen MR) is 73.9 cm³/mol. The Morgan fingerprint density at radius 3 is 2.89 bits per heavy atom. The molecule has 0 radical (unpaired) electrons. The average molecular weight is 312 g/mol. The smallest absolute Gasteiger partial charge is 0.132 e. The zero-order chi connectivity index (χ0) is 13.1. The SMILES string of the molecule is CNCCc1cc(-c2cc(Br)ccc2F)nn1C. The third kappa shape index (κ3) is 2.79. The van der Waals surface area contributed by atoms with Crippen LogP contribution in [0.5, 0.6) is 0 Å². The molecule has 0 atom stereocenters. The molecule has 3 nitrogen and oxygen atoms in total. The predicted octanol–water partition coefficient (Wildman–Crippen LogP) is 2.75. The van der Waals surface area contributed by atoms with Crippen molar-refractivity contribution in [1.29, 1.82) is 0 Å². The van der Waals surface area contributed by atoms with Crippen LogP contribution in [0.3, 0.4) is 0 Å². The summed E-state index contributed by atoms with van der Waals surface area (Å²) < 4.78 is 16.4. The maximum atomic E-state index is 13.8. The molecule has 0 fully saturated rings. The molecule has 2 rings (SSSR count). The molecule has 0 saturated heterocycles. The van der Waals surface area contributed by atoms with Gasteiger partial charge in [0.25, 0.3) is 0 Å². The molecule has 1 aromatic carbocycles. The van der Waals surface area contributed by atoms with Gasteiger partial charge in [0.1, 0.15) is 5.82 Å². The van der Waals surface area contributed by atoms with Gasteiger partial charge in [-0.2, -0.15) is 5.10 Å². The van der Waals surface area contributed by atoms with E-state index in [2.05, 4.69) is 26.3 Å². The highest BCUT2D eigenvalue weighted by Gasteiger charge is 2.11. The van der Waals surface area contributed by atoms with Crippen LogP contribution in [0.25, 0.3) is 11.3 Å². The lowest BCUT2D eigenvalue weighted by Crippen LogP contribution is -2.12. The fourth-order valence-corrected chi connectivity index (χ4v) is 2.18. The van der Waals surface area contributed by atoms with E-state index >= 15 is 0 Å². The van der Waals surface area contributed by atoms with Gasteiger partial charge in [-0.3, -0.25) is 4.68 Å². The van der Waals surface area contributed by atoms with Crippen LogP contribution >= 0.6 is 15.9 Å². The normalized spacial score (nSPS) is 10.9. The van der Waals surface area contributed by atoms with Crippen LogP contribution in [0.2, 0.25) is 0 Å². The molecule has 0 saturated carbocycles. The van der Waals surface area contributed by atoms with Crippen molar-refractivity contribution in [1.82, 2.24) is 15.1 Å². The van der Waals surface area contributed by atoms with Gasteiger partial charge in [0.05, 0.1) is 5.69 Å². The number of aromatic nitrogens is 2. The summed E-state index contributed by atoms with van der Waals surface area (Å²) in [5.41, 5.74) is 2.27. The van der Waals surface area contributed by atoms with Crippen LogP contribution in [-0.2, 0) is 13.5 Å². The van der Waals surface area contributed by atoms with Crippen molar-refractivity contribution in [2.75, 3.05) is 13.6 Å². The average Bonchev–Trinajstić information content (AvgIpc) is 2.71. The molecule has 1 aromatic heterocycles. The van der Waals surface area contributed by atoms with E-state index in [0.29, 0.717) is 11.3 Å².